The number of ether oxygens (including phenoxy) is 1. The Balaban J connectivity index is 0.00000441. The number of hydrogen-bond acceptors (Lipinski definition) is 5. The van der Waals surface area contributed by atoms with Gasteiger partial charge in [0.1, 0.15) is 18.0 Å². The molecule has 10 nitrogen and oxygen atoms in total. The Hall–Kier alpha value is -3.89. The Kier molecular flexibility index (Phi) is 10.3. The van der Waals surface area contributed by atoms with Gasteiger partial charge in [0.15, 0.2) is 0 Å². The highest BCUT2D eigenvalue weighted by atomic mass is 35.5. The fourth-order valence-electron chi connectivity index (χ4n) is 4.98. The molecule has 2 heterocycles. The molecule has 1 aromatic heterocycles. The lowest BCUT2D eigenvalue weighted by Crippen LogP contribution is -2.42. The van der Waals surface area contributed by atoms with E-state index in [1.807, 2.05) is 24.3 Å². The fourth-order valence-corrected chi connectivity index (χ4v) is 4.98. The molecule has 1 fully saturated rings. The van der Waals surface area contributed by atoms with Gasteiger partial charge in [-0.3, -0.25) is 19.7 Å². The van der Waals surface area contributed by atoms with Crippen molar-refractivity contribution in [3.05, 3.63) is 75.6 Å². The minimum Gasteiger partial charge on any atom is -0.480 e. The quantitative estimate of drug-likeness (QED) is 0.251. The number of carboxylic acid groups (broad SMARTS) is 1. The van der Waals surface area contributed by atoms with E-state index in [-0.39, 0.29) is 42.4 Å². The van der Waals surface area contributed by atoms with Gasteiger partial charge < -0.3 is 20.5 Å². The summed E-state index contributed by atoms with van der Waals surface area (Å²) in [6.07, 6.45) is 3.89. The van der Waals surface area contributed by atoms with E-state index in [1.54, 1.807) is 40.9 Å². The molecule has 1 saturated heterocycles. The van der Waals surface area contributed by atoms with E-state index in [2.05, 4.69) is 6.92 Å². The lowest BCUT2D eigenvalue weighted by Gasteiger charge is -2.31. The first-order chi connectivity index (χ1) is 18.7. The number of carbonyl (C=O) groups is 2. The van der Waals surface area contributed by atoms with Gasteiger partial charge in [-0.05, 0) is 55.5 Å². The second-order valence-electron chi connectivity index (χ2n) is 9.82. The molecule has 2 aromatic carbocycles. The van der Waals surface area contributed by atoms with Gasteiger partial charge >= 0.3 is 5.97 Å². The monoisotopic (exact) mass is 569 g/mol. The molecular weight excluding hydrogens is 534 g/mol. The number of aromatic nitrogens is 2. The molecule has 0 unspecified atom stereocenters. The third-order valence-electron chi connectivity index (χ3n) is 7.12. The van der Waals surface area contributed by atoms with Gasteiger partial charge in [0, 0.05) is 31.3 Å². The van der Waals surface area contributed by atoms with Gasteiger partial charge in [-0.15, -0.1) is 12.4 Å². The zero-order chi connectivity index (χ0) is 28.1. The van der Waals surface area contributed by atoms with E-state index >= 15 is 0 Å². The Morgan fingerprint density at radius 1 is 1.07 bits per heavy atom. The second kappa shape index (κ2) is 13.5. The number of aliphatic carboxylic acids is 1. The number of hydrogen-bond donors (Lipinski definition) is 3. The van der Waals surface area contributed by atoms with Crippen LogP contribution < -0.4 is 11.3 Å². The maximum absolute atomic E-state index is 13.9. The standard InChI is InChI=1S/C29H35N5O5.ClH/c1-3-4-5-19-6-8-20(9-7-19)26-25(28(37)33-16-14-23(15-17-33)39-18-24(35)36)29(38)34(32(26)2)22-12-10-21(11-13-22)27(30)31;/h6-13,23H,3-5,14-18H2,1-2H3,(H3,30,31)(H,35,36);1H. The lowest BCUT2D eigenvalue weighted by molar-refractivity contribution is -0.145. The van der Waals surface area contributed by atoms with Gasteiger partial charge in [0.25, 0.3) is 11.5 Å². The molecule has 0 bridgehead atoms. The lowest BCUT2D eigenvalue weighted by atomic mass is 10.0. The molecule has 40 heavy (non-hydrogen) atoms. The number of carboxylic acids is 1. The van der Waals surface area contributed by atoms with Crippen molar-refractivity contribution in [2.75, 3.05) is 19.7 Å². The average molecular weight is 570 g/mol. The molecule has 1 aliphatic rings. The summed E-state index contributed by atoms with van der Waals surface area (Å²) in [6, 6.07) is 14.7. The van der Waals surface area contributed by atoms with E-state index in [1.165, 1.54) is 10.2 Å². The molecule has 11 heteroatoms. The largest absolute Gasteiger partial charge is 0.480 e. The van der Waals surface area contributed by atoms with Crippen molar-refractivity contribution in [1.82, 2.24) is 14.3 Å². The average Bonchev–Trinajstić information content (AvgIpc) is 3.20. The maximum atomic E-state index is 13.9. The number of nitrogens with one attached hydrogen (secondary N) is 1. The van der Waals surface area contributed by atoms with Crippen LogP contribution in [0.4, 0.5) is 0 Å². The molecule has 1 amide bonds. The molecule has 0 aliphatic carbocycles. The van der Waals surface area contributed by atoms with Crippen LogP contribution in [-0.4, -0.2) is 62.9 Å². The molecule has 4 rings (SSSR count). The molecule has 0 atom stereocenters. The summed E-state index contributed by atoms with van der Waals surface area (Å²) in [4.78, 5) is 40.2. The van der Waals surface area contributed by atoms with Gasteiger partial charge in [-0.25, -0.2) is 9.48 Å². The zero-order valence-electron chi connectivity index (χ0n) is 22.8. The summed E-state index contributed by atoms with van der Waals surface area (Å²) in [7, 11) is 1.75. The molecule has 1 aliphatic heterocycles. The molecule has 0 radical (unpaired) electrons. The summed E-state index contributed by atoms with van der Waals surface area (Å²) >= 11 is 0. The number of carbonyl (C=O) groups excluding carboxylic acids is 1. The smallest absolute Gasteiger partial charge is 0.329 e. The number of unbranched alkanes of at least 4 members (excludes halogenated alkanes) is 1. The maximum Gasteiger partial charge on any atom is 0.329 e. The number of piperidine rings is 1. The van der Waals surface area contributed by atoms with Gasteiger partial charge in [0.2, 0.25) is 0 Å². The first kappa shape index (κ1) is 30.6. The molecule has 3 aromatic rings. The van der Waals surface area contributed by atoms with Gasteiger partial charge in [0.05, 0.1) is 17.5 Å². The number of aryl methyl sites for hydroxylation is 1. The first-order valence-electron chi connectivity index (χ1n) is 13.2. The number of halogens is 1. The van der Waals surface area contributed by atoms with E-state index in [4.69, 9.17) is 21.0 Å². The van der Waals surface area contributed by atoms with Crippen molar-refractivity contribution in [1.29, 1.82) is 5.41 Å². The van der Waals surface area contributed by atoms with E-state index in [0.717, 1.165) is 24.8 Å². The fraction of sp³-hybridized carbons (Fsp3) is 0.379. The number of amides is 1. The van der Waals surface area contributed by atoms with Crippen molar-refractivity contribution in [2.24, 2.45) is 12.8 Å². The van der Waals surface area contributed by atoms with Crippen LogP contribution in [0.1, 0.15) is 54.1 Å². The minimum atomic E-state index is -1.03. The number of benzene rings is 2. The van der Waals surface area contributed by atoms with Crippen LogP contribution >= 0.6 is 12.4 Å². The Bertz CT molecular complexity index is 1400. The highest BCUT2D eigenvalue weighted by Crippen LogP contribution is 2.27. The van der Waals surface area contributed by atoms with Crippen molar-refractivity contribution in [3.63, 3.8) is 0 Å². The van der Waals surface area contributed by atoms with Crippen molar-refractivity contribution < 1.29 is 19.4 Å². The van der Waals surface area contributed by atoms with E-state index in [9.17, 15) is 14.4 Å². The zero-order valence-corrected chi connectivity index (χ0v) is 23.6. The molecule has 4 N–H and O–H groups in total. The third kappa shape index (κ3) is 6.63. The highest BCUT2D eigenvalue weighted by Gasteiger charge is 2.31. The van der Waals surface area contributed by atoms with E-state index in [0.29, 0.717) is 42.9 Å². The normalized spacial score (nSPS) is 13.6. The predicted octanol–water partition coefficient (Wildman–Crippen LogP) is 3.60. The Morgan fingerprint density at radius 3 is 2.25 bits per heavy atom. The molecular formula is C29H36ClN5O5. The number of nitrogen functional groups attached to an aromatic ring is 1. The minimum absolute atomic E-state index is 0. The Labute approximate surface area is 239 Å². The number of amidine groups is 1. The van der Waals surface area contributed by atoms with Crippen LogP contribution in [0.3, 0.4) is 0 Å². The summed E-state index contributed by atoms with van der Waals surface area (Å²) in [5.41, 5.74) is 8.80. The summed E-state index contributed by atoms with van der Waals surface area (Å²) in [5, 5.41) is 16.5. The van der Waals surface area contributed by atoms with Gasteiger partial charge in [-0.1, -0.05) is 37.6 Å². The summed E-state index contributed by atoms with van der Waals surface area (Å²) in [5.74, 6) is -1.47. The first-order valence-corrected chi connectivity index (χ1v) is 13.2. The number of rotatable bonds is 10. The molecule has 214 valence electrons. The Morgan fingerprint density at radius 2 is 1.70 bits per heavy atom. The second-order valence-corrected chi connectivity index (χ2v) is 9.82. The van der Waals surface area contributed by atoms with Crippen LogP contribution in [0.2, 0.25) is 0 Å². The number of nitrogens with zero attached hydrogens (tertiary/aromatic N) is 3. The number of nitrogens with two attached hydrogens (primary N) is 1. The van der Waals surface area contributed by atoms with Crippen molar-refractivity contribution in [3.8, 4) is 16.9 Å². The van der Waals surface area contributed by atoms with Gasteiger partial charge in [-0.2, -0.15) is 0 Å². The molecule has 0 spiro atoms. The SMILES string of the molecule is CCCCc1ccc(-c2c(C(=O)N3CCC(OCC(=O)O)CC3)c(=O)n(-c3ccc(C(=N)N)cc3)n2C)cc1.Cl. The van der Waals surface area contributed by atoms with Crippen LogP contribution in [0.25, 0.3) is 16.9 Å². The predicted molar refractivity (Wildman–Crippen MR) is 156 cm³/mol. The van der Waals surface area contributed by atoms with Crippen molar-refractivity contribution in [2.45, 2.75) is 45.1 Å². The molecule has 0 saturated carbocycles. The van der Waals surface area contributed by atoms with E-state index < -0.39 is 11.5 Å². The topological polar surface area (TPSA) is 144 Å². The van der Waals surface area contributed by atoms with Crippen LogP contribution in [0.15, 0.2) is 53.3 Å². The number of likely N-dealkylation sites (tertiary alicyclic amines) is 1. The summed E-state index contributed by atoms with van der Waals surface area (Å²) in [6.45, 7) is 2.50. The third-order valence-corrected chi connectivity index (χ3v) is 7.12. The van der Waals surface area contributed by atoms with Crippen molar-refractivity contribution >= 4 is 30.1 Å². The van der Waals surface area contributed by atoms with Crippen LogP contribution in [0, 0.1) is 5.41 Å². The summed E-state index contributed by atoms with van der Waals surface area (Å²) < 4.78 is 8.57. The highest BCUT2D eigenvalue weighted by molar-refractivity contribution is 6.00. The van der Waals surface area contributed by atoms with Crippen LogP contribution in [0.5, 0.6) is 0 Å². The van der Waals surface area contributed by atoms with Crippen LogP contribution in [-0.2, 0) is 23.0 Å².